The lowest BCUT2D eigenvalue weighted by Crippen LogP contribution is -2.46. The van der Waals surface area contributed by atoms with E-state index >= 15 is 0 Å². The molecule has 0 bridgehead atoms. The third-order valence-electron chi connectivity index (χ3n) is 4.20. The third-order valence-corrected chi connectivity index (χ3v) is 4.20. The van der Waals surface area contributed by atoms with Gasteiger partial charge in [0.25, 0.3) is 0 Å². The molecule has 1 heterocycles. The van der Waals surface area contributed by atoms with Crippen molar-refractivity contribution in [2.45, 2.75) is 18.7 Å². The van der Waals surface area contributed by atoms with E-state index in [4.69, 9.17) is 9.47 Å². The van der Waals surface area contributed by atoms with E-state index in [9.17, 15) is 4.39 Å². The minimum atomic E-state index is -0.194. The summed E-state index contributed by atoms with van der Waals surface area (Å²) in [5.41, 5.74) is 2.18. The maximum Gasteiger partial charge on any atom is 0.123 e. The molecule has 1 saturated heterocycles. The van der Waals surface area contributed by atoms with E-state index in [1.165, 1.54) is 11.6 Å². The average Bonchev–Trinajstić information content (AvgIpc) is 2.56. The van der Waals surface area contributed by atoms with Crippen LogP contribution in [0.1, 0.15) is 17.2 Å². The van der Waals surface area contributed by atoms with Crippen molar-refractivity contribution in [2.24, 2.45) is 0 Å². The predicted molar refractivity (Wildman–Crippen MR) is 87.6 cm³/mol. The van der Waals surface area contributed by atoms with E-state index in [1.807, 2.05) is 24.3 Å². The van der Waals surface area contributed by atoms with Crippen molar-refractivity contribution in [3.05, 3.63) is 71.5 Å². The second kappa shape index (κ2) is 7.68. The fraction of sp³-hybridized carbons (Fsp3) is 0.368. The zero-order chi connectivity index (χ0) is 16.1. The van der Waals surface area contributed by atoms with Gasteiger partial charge in [-0.1, -0.05) is 42.5 Å². The molecule has 122 valence electrons. The van der Waals surface area contributed by atoms with E-state index in [2.05, 4.69) is 17.0 Å². The minimum absolute atomic E-state index is 0.0234. The molecule has 1 aliphatic heterocycles. The summed E-state index contributed by atoms with van der Waals surface area (Å²) >= 11 is 0. The number of methoxy groups -OCH3 is 1. The SMILES string of the molecule is COC[C@@H]1OCCN(Cc2cccc(F)c2)[C@H]1c1ccccc1. The summed E-state index contributed by atoms with van der Waals surface area (Å²) in [4.78, 5) is 2.34. The lowest BCUT2D eigenvalue weighted by atomic mass is 9.97. The lowest BCUT2D eigenvalue weighted by molar-refractivity contribution is -0.102. The summed E-state index contributed by atoms with van der Waals surface area (Å²) in [6.07, 6.45) is -0.0234. The smallest absolute Gasteiger partial charge is 0.123 e. The summed E-state index contributed by atoms with van der Waals surface area (Å²) in [6.45, 7) is 2.71. The van der Waals surface area contributed by atoms with Gasteiger partial charge >= 0.3 is 0 Å². The lowest BCUT2D eigenvalue weighted by Gasteiger charge is -2.41. The Morgan fingerprint density at radius 1 is 1.17 bits per heavy atom. The molecule has 0 spiro atoms. The molecule has 3 rings (SSSR count). The highest BCUT2D eigenvalue weighted by Gasteiger charge is 2.33. The van der Waals surface area contributed by atoms with Gasteiger partial charge in [0.2, 0.25) is 0 Å². The van der Waals surface area contributed by atoms with Crippen molar-refractivity contribution in [1.29, 1.82) is 0 Å². The maximum atomic E-state index is 13.5. The normalized spacial score (nSPS) is 22.2. The van der Waals surface area contributed by atoms with Gasteiger partial charge in [-0.2, -0.15) is 0 Å². The van der Waals surface area contributed by atoms with Crippen LogP contribution >= 0.6 is 0 Å². The van der Waals surface area contributed by atoms with Crippen LogP contribution in [0.15, 0.2) is 54.6 Å². The van der Waals surface area contributed by atoms with Crippen molar-refractivity contribution in [2.75, 3.05) is 26.9 Å². The van der Waals surface area contributed by atoms with Gasteiger partial charge < -0.3 is 9.47 Å². The zero-order valence-corrected chi connectivity index (χ0v) is 13.3. The quantitative estimate of drug-likeness (QED) is 0.844. The maximum absolute atomic E-state index is 13.5. The van der Waals surface area contributed by atoms with Crippen LogP contribution in [0.3, 0.4) is 0 Å². The zero-order valence-electron chi connectivity index (χ0n) is 13.3. The van der Waals surface area contributed by atoms with Gasteiger partial charge in [0, 0.05) is 20.2 Å². The van der Waals surface area contributed by atoms with Crippen LogP contribution in [-0.2, 0) is 16.0 Å². The monoisotopic (exact) mass is 315 g/mol. The molecule has 0 aromatic heterocycles. The first-order valence-electron chi connectivity index (χ1n) is 7.92. The number of hydrogen-bond acceptors (Lipinski definition) is 3. The van der Waals surface area contributed by atoms with Gasteiger partial charge in [-0.15, -0.1) is 0 Å². The van der Waals surface area contributed by atoms with Gasteiger partial charge in [-0.25, -0.2) is 4.39 Å². The fourth-order valence-corrected chi connectivity index (χ4v) is 3.21. The van der Waals surface area contributed by atoms with Gasteiger partial charge in [0.1, 0.15) is 11.9 Å². The van der Waals surface area contributed by atoms with Gasteiger partial charge in [0.05, 0.1) is 19.3 Å². The van der Waals surface area contributed by atoms with E-state index in [-0.39, 0.29) is 18.0 Å². The summed E-state index contributed by atoms with van der Waals surface area (Å²) in [5.74, 6) is -0.194. The summed E-state index contributed by atoms with van der Waals surface area (Å²) in [6, 6.07) is 17.2. The fourth-order valence-electron chi connectivity index (χ4n) is 3.21. The van der Waals surface area contributed by atoms with Crippen molar-refractivity contribution < 1.29 is 13.9 Å². The first-order valence-corrected chi connectivity index (χ1v) is 7.92. The number of hydrogen-bond donors (Lipinski definition) is 0. The van der Waals surface area contributed by atoms with E-state index in [1.54, 1.807) is 19.2 Å². The van der Waals surface area contributed by atoms with Crippen LogP contribution in [0.5, 0.6) is 0 Å². The van der Waals surface area contributed by atoms with E-state index < -0.39 is 0 Å². The molecular formula is C19H22FNO2. The first kappa shape index (κ1) is 16.1. The van der Waals surface area contributed by atoms with Crippen LogP contribution in [0.25, 0.3) is 0 Å². The standard InChI is InChI=1S/C19H22FNO2/c1-22-14-18-19(16-7-3-2-4-8-16)21(10-11-23-18)13-15-6-5-9-17(20)12-15/h2-9,12,18-19H,10-11,13-14H2,1H3/t18-,19-/m0/s1. The Kier molecular flexibility index (Phi) is 5.39. The number of rotatable bonds is 5. The Hall–Kier alpha value is -1.75. The molecule has 2 aromatic carbocycles. The minimum Gasteiger partial charge on any atom is -0.382 e. The molecule has 3 nitrogen and oxygen atoms in total. The second-order valence-electron chi connectivity index (χ2n) is 5.82. The molecule has 1 fully saturated rings. The largest absolute Gasteiger partial charge is 0.382 e. The first-order chi connectivity index (χ1) is 11.3. The number of benzene rings is 2. The molecule has 4 heteroatoms. The molecule has 0 unspecified atom stereocenters. The van der Waals surface area contributed by atoms with Crippen molar-refractivity contribution >= 4 is 0 Å². The number of halogens is 1. The van der Waals surface area contributed by atoms with E-state index in [0.717, 1.165) is 12.1 Å². The third kappa shape index (κ3) is 3.96. The Morgan fingerprint density at radius 3 is 2.74 bits per heavy atom. The molecule has 0 aliphatic carbocycles. The van der Waals surface area contributed by atoms with Crippen LogP contribution in [0.4, 0.5) is 4.39 Å². The predicted octanol–water partition coefficient (Wildman–Crippen LogP) is 3.41. The highest BCUT2D eigenvalue weighted by atomic mass is 19.1. The Balaban J connectivity index is 1.86. The summed E-state index contributed by atoms with van der Waals surface area (Å²) in [5, 5.41) is 0. The number of morpholine rings is 1. The highest BCUT2D eigenvalue weighted by Crippen LogP contribution is 2.31. The molecular weight excluding hydrogens is 293 g/mol. The van der Waals surface area contributed by atoms with Gasteiger partial charge in [-0.05, 0) is 23.3 Å². The summed E-state index contributed by atoms with van der Waals surface area (Å²) in [7, 11) is 1.69. The highest BCUT2D eigenvalue weighted by molar-refractivity contribution is 5.22. The summed E-state index contributed by atoms with van der Waals surface area (Å²) < 4.78 is 24.8. The molecule has 1 aliphatic rings. The molecule has 23 heavy (non-hydrogen) atoms. The molecule has 0 saturated carbocycles. The topological polar surface area (TPSA) is 21.7 Å². The molecule has 0 radical (unpaired) electrons. The van der Waals surface area contributed by atoms with Crippen LogP contribution in [0, 0.1) is 5.82 Å². The van der Waals surface area contributed by atoms with Crippen LogP contribution in [0.2, 0.25) is 0 Å². The average molecular weight is 315 g/mol. The number of ether oxygens (including phenoxy) is 2. The van der Waals surface area contributed by atoms with E-state index in [0.29, 0.717) is 19.8 Å². The Labute approximate surface area is 136 Å². The second-order valence-corrected chi connectivity index (χ2v) is 5.82. The van der Waals surface area contributed by atoms with Crippen molar-refractivity contribution in [1.82, 2.24) is 4.90 Å². The van der Waals surface area contributed by atoms with Gasteiger partial charge in [-0.3, -0.25) is 4.90 Å². The van der Waals surface area contributed by atoms with Gasteiger partial charge in [0.15, 0.2) is 0 Å². The Morgan fingerprint density at radius 2 is 2.00 bits per heavy atom. The Bertz CT molecular complexity index is 618. The van der Waals surface area contributed by atoms with Crippen molar-refractivity contribution in [3.8, 4) is 0 Å². The molecule has 2 atom stereocenters. The van der Waals surface area contributed by atoms with Crippen LogP contribution < -0.4 is 0 Å². The molecule has 2 aromatic rings. The van der Waals surface area contributed by atoms with Crippen LogP contribution in [-0.4, -0.2) is 37.9 Å². The molecule has 0 amide bonds. The molecule has 0 N–H and O–H groups in total. The van der Waals surface area contributed by atoms with Crippen molar-refractivity contribution in [3.63, 3.8) is 0 Å². The number of nitrogens with zero attached hydrogens (tertiary/aromatic N) is 1.